The van der Waals surface area contributed by atoms with Crippen LogP contribution in [0.1, 0.15) is 32.6 Å². The summed E-state index contributed by atoms with van der Waals surface area (Å²) >= 11 is 0. The van der Waals surface area contributed by atoms with Gasteiger partial charge in [0.2, 0.25) is 0 Å². The molecule has 2 rings (SSSR count). The molecule has 1 saturated heterocycles. The van der Waals surface area contributed by atoms with Gasteiger partial charge in [0.25, 0.3) is 10.2 Å². The standard InChI is InChI=1S/C16H26FN3O2S/c1-3-4-10-19(2)23(21,22)18-15-8-11-20(12-9-15)16-7-5-6-14(17)13-16/h5-7,13,15,18H,3-4,8-12H2,1-2H3. The van der Waals surface area contributed by atoms with E-state index in [9.17, 15) is 12.8 Å². The molecule has 1 aromatic rings. The van der Waals surface area contributed by atoms with Crippen molar-refractivity contribution < 1.29 is 12.8 Å². The minimum atomic E-state index is -3.42. The van der Waals surface area contributed by atoms with Gasteiger partial charge in [-0.1, -0.05) is 19.4 Å². The Morgan fingerprint density at radius 3 is 2.65 bits per heavy atom. The summed E-state index contributed by atoms with van der Waals surface area (Å²) in [6, 6.07) is 6.46. The molecule has 5 nitrogen and oxygen atoms in total. The van der Waals surface area contributed by atoms with E-state index < -0.39 is 10.2 Å². The number of unbranched alkanes of at least 4 members (excludes halogenated alkanes) is 1. The number of rotatable bonds is 7. The second kappa shape index (κ2) is 8.08. The largest absolute Gasteiger partial charge is 0.371 e. The molecule has 130 valence electrons. The molecule has 1 heterocycles. The fourth-order valence-electron chi connectivity index (χ4n) is 2.73. The Morgan fingerprint density at radius 1 is 1.35 bits per heavy atom. The summed E-state index contributed by atoms with van der Waals surface area (Å²) in [7, 11) is -1.81. The molecule has 0 atom stereocenters. The first-order valence-corrected chi connectivity index (χ1v) is 9.60. The van der Waals surface area contributed by atoms with E-state index in [4.69, 9.17) is 0 Å². The van der Waals surface area contributed by atoms with Gasteiger partial charge in [-0.15, -0.1) is 0 Å². The van der Waals surface area contributed by atoms with Gasteiger partial charge < -0.3 is 4.90 Å². The average molecular weight is 343 g/mol. The number of piperidine rings is 1. The number of nitrogens with one attached hydrogen (secondary N) is 1. The highest BCUT2D eigenvalue weighted by Crippen LogP contribution is 2.21. The number of halogens is 1. The van der Waals surface area contributed by atoms with E-state index in [1.807, 2.05) is 13.0 Å². The highest BCUT2D eigenvalue weighted by Gasteiger charge is 2.26. The summed E-state index contributed by atoms with van der Waals surface area (Å²) in [6.45, 7) is 4.01. The summed E-state index contributed by atoms with van der Waals surface area (Å²) in [5.41, 5.74) is 0.853. The second-order valence-electron chi connectivity index (χ2n) is 6.04. The minimum Gasteiger partial charge on any atom is -0.371 e. The zero-order chi connectivity index (χ0) is 16.9. The Hall–Kier alpha value is -1.18. The number of benzene rings is 1. The van der Waals surface area contributed by atoms with Gasteiger partial charge in [-0.2, -0.15) is 17.4 Å². The average Bonchev–Trinajstić information content (AvgIpc) is 2.53. The minimum absolute atomic E-state index is 0.0612. The fourth-order valence-corrected chi connectivity index (χ4v) is 3.94. The van der Waals surface area contributed by atoms with Crippen molar-refractivity contribution >= 4 is 15.9 Å². The zero-order valence-corrected chi connectivity index (χ0v) is 14.7. The zero-order valence-electron chi connectivity index (χ0n) is 13.8. The number of nitrogens with zero attached hydrogens (tertiary/aromatic N) is 2. The van der Waals surface area contributed by atoms with Crippen molar-refractivity contribution in [2.75, 3.05) is 31.6 Å². The van der Waals surface area contributed by atoms with Crippen LogP contribution in [0.2, 0.25) is 0 Å². The maximum absolute atomic E-state index is 13.3. The smallest absolute Gasteiger partial charge is 0.279 e. The SMILES string of the molecule is CCCCN(C)S(=O)(=O)NC1CCN(c2cccc(F)c2)CC1. The van der Waals surface area contributed by atoms with Gasteiger partial charge in [-0.25, -0.2) is 4.39 Å². The molecule has 0 amide bonds. The molecule has 0 unspecified atom stereocenters. The summed E-state index contributed by atoms with van der Waals surface area (Å²) < 4.78 is 42.0. The Morgan fingerprint density at radius 2 is 2.04 bits per heavy atom. The van der Waals surface area contributed by atoms with Crippen molar-refractivity contribution in [3.05, 3.63) is 30.1 Å². The lowest BCUT2D eigenvalue weighted by Gasteiger charge is -2.34. The van der Waals surface area contributed by atoms with Gasteiger partial charge in [-0.05, 0) is 37.5 Å². The predicted molar refractivity (Wildman–Crippen MR) is 91.2 cm³/mol. The molecule has 0 aliphatic carbocycles. The Bertz CT molecular complexity index is 601. The first kappa shape index (κ1) is 18.2. The van der Waals surface area contributed by atoms with Gasteiger partial charge >= 0.3 is 0 Å². The van der Waals surface area contributed by atoms with Crippen LogP contribution >= 0.6 is 0 Å². The van der Waals surface area contributed by atoms with Crippen LogP contribution in [0.15, 0.2) is 24.3 Å². The highest BCUT2D eigenvalue weighted by molar-refractivity contribution is 7.87. The molecule has 0 radical (unpaired) electrons. The first-order chi connectivity index (χ1) is 10.9. The van der Waals surface area contributed by atoms with Crippen LogP contribution in [0.4, 0.5) is 10.1 Å². The monoisotopic (exact) mass is 343 g/mol. The van der Waals surface area contributed by atoms with Crippen LogP contribution < -0.4 is 9.62 Å². The molecule has 1 aliphatic heterocycles. The molecule has 1 aromatic carbocycles. The first-order valence-electron chi connectivity index (χ1n) is 8.16. The van der Waals surface area contributed by atoms with Crippen molar-refractivity contribution in [2.45, 2.75) is 38.6 Å². The third-order valence-electron chi connectivity index (χ3n) is 4.22. The summed E-state index contributed by atoms with van der Waals surface area (Å²) in [5, 5.41) is 0. The molecule has 7 heteroatoms. The van der Waals surface area contributed by atoms with Crippen molar-refractivity contribution in [1.82, 2.24) is 9.03 Å². The molecule has 1 fully saturated rings. The summed E-state index contributed by atoms with van der Waals surface area (Å²) in [4.78, 5) is 2.09. The van der Waals surface area contributed by atoms with E-state index >= 15 is 0 Å². The van der Waals surface area contributed by atoms with Crippen LogP contribution in [-0.4, -0.2) is 45.4 Å². The lowest BCUT2D eigenvalue weighted by molar-refractivity contribution is 0.414. The number of anilines is 1. The van der Waals surface area contributed by atoms with E-state index in [1.54, 1.807) is 13.1 Å². The van der Waals surface area contributed by atoms with Crippen LogP contribution in [0.25, 0.3) is 0 Å². The summed E-state index contributed by atoms with van der Waals surface area (Å²) in [5.74, 6) is -0.247. The Kier molecular flexibility index (Phi) is 6.38. The molecule has 1 N–H and O–H groups in total. The molecular formula is C16H26FN3O2S. The molecule has 0 bridgehead atoms. The van der Waals surface area contributed by atoms with Gasteiger partial charge in [0.1, 0.15) is 5.82 Å². The lowest BCUT2D eigenvalue weighted by Crippen LogP contribution is -2.48. The van der Waals surface area contributed by atoms with Crippen molar-refractivity contribution in [3.8, 4) is 0 Å². The predicted octanol–water partition coefficient (Wildman–Crippen LogP) is 2.36. The van der Waals surface area contributed by atoms with Crippen LogP contribution in [0.5, 0.6) is 0 Å². The molecule has 1 aliphatic rings. The van der Waals surface area contributed by atoms with Gasteiger partial charge in [-0.3, -0.25) is 0 Å². The van der Waals surface area contributed by atoms with Crippen LogP contribution in [-0.2, 0) is 10.2 Å². The molecule has 0 spiro atoms. The maximum Gasteiger partial charge on any atom is 0.279 e. The number of hydrogen-bond donors (Lipinski definition) is 1. The lowest BCUT2D eigenvalue weighted by atomic mass is 10.1. The normalized spacial score (nSPS) is 17.0. The third kappa shape index (κ3) is 5.16. The Labute approximate surface area is 138 Å². The molecule has 23 heavy (non-hydrogen) atoms. The number of hydrogen-bond acceptors (Lipinski definition) is 3. The van der Waals surface area contributed by atoms with E-state index in [2.05, 4.69) is 9.62 Å². The van der Waals surface area contributed by atoms with E-state index in [-0.39, 0.29) is 11.9 Å². The Balaban J connectivity index is 1.87. The van der Waals surface area contributed by atoms with Crippen molar-refractivity contribution in [3.63, 3.8) is 0 Å². The molecule has 0 aromatic heterocycles. The topological polar surface area (TPSA) is 52.7 Å². The maximum atomic E-state index is 13.3. The third-order valence-corrected chi connectivity index (χ3v) is 5.86. The van der Waals surface area contributed by atoms with Crippen molar-refractivity contribution in [2.24, 2.45) is 0 Å². The van der Waals surface area contributed by atoms with E-state index in [0.717, 1.165) is 44.5 Å². The van der Waals surface area contributed by atoms with Crippen molar-refractivity contribution in [1.29, 1.82) is 0 Å². The summed E-state index contributed by atoms with van der Waals surface area (Å²) in [6.07, 6.45) is 3.26. The molecule has 0 saturated carbocycles. The fraction of sp³-hybridized carbons (Fsp3) is 0.625. The van der Waals surface area contributed by atoms with Gasteiger partial charge in [0, 0.05) is 38.4 Å². The van der Waals surface area contributed by atoms with E-state index in [1.165, 1.54) is 16.4 Å². The van der Waals surface area contributed by atoms with Crippen LogP contribution in [0.3, 0.4) is 0 Å². The highest BCUT2D eigenvalue weighted by atomic mass is 32.2. The van der Waals surface area contributed by atoms with E-state index in [0.29, 0.717) is 6.54 Å². The van der Waals surface area contributed by atoms with Gasteiger partial charge in [0.15, 0.2) is 0 Å². The van der Waals surface area contributed by atoms with Crippen LogP contribution in [0, 0.1) is 5.82 Å². The second-order valence-corrected chi connectivity index (χ2v) is 7.85. The molecular weight excluding hydrogens is 317 g/mol. The quantitative estimate of drug-likeness (QED) is 0.827. The van der Waals surface area contributed by atoms with Gasteiger partial charge in [0.05, 0.1) is 0 Å².